The minimum atomic E-state index is 0.258. The first-order valence-electron chi connectivity index (χ1n) is 7.97. The monoisotopic (exact) mass is 276 g/mol. The van der Waals surface area contributed by atoms with Crippen LogP contribution >= 0.6 is 0 Å². The first-order chi connectivity index (χ1) is 9.43. The topological polar surface area (TPSA) is 38.0 Å². The Kier molecular flexibility index (Phi) is 6.70. The van der Waals surface area contributed by atoms with Crippen molar-refractivity contribution >= 4 is 0 Å². The summed E-state index contributed by atoms with van der Waals surface area (Å²) < 4.78 is 0. The fraction of sp³-hybridized carbons (Fsp3) is 0.667. The van der Waals surface area contributed by atoms with Crippen LogP contribution < -0.4 is 11.3 Å². The molecule has 1 rings (SSSR count). The third-order valence-electron chi connectivity index (χ3n) is 4.29. The van der Waals surface area contributed by atoms with E-state index in [4.69, 9.17) is 5.84 Å². The molecule has 2 nitrogen and oxygen atoms in total. The Morgan fingerprint density at radius 3 is 2.30 bits per heavy atom. The quantitative estimate of drug-likeness (QED) is 0.545. The Morgan fingerprint density at radius 2 is 1.75 bits per heavy atom. The van der Waals surface area contributed by atoms with Crippen LogP contribution in [0.4, 0.5) is 0 Å². The van der Waals surface area contributed by atoms with Gasteiger partial charge in [-0.1, -0.05) is 52.0 Å². The summed E-state index contributed by atoms with van der Waals surface area (Å²) in [7, 11) is 0. The van der Waals surface area contributed by atoms with Gasteiger partial charge >= 0.3 is 0 Å². The van der Waals surface area contributed by atoms with Crippen LogP contribution in [0.25, 0.3) is 0 Å². The third-order valence-corrected chi connectivity index (χ3v) is 4.29. The largest absolute Gasteiger partial charge is 0.271 e. The molecule has 1 aromatic rings. The molecule has 1 atom stereocenters. The summed E-state index contributed by atoms with van der Waals surface area (Å²) in [5.74, 6) is 6.23. The van der Waals surface area contributed by atoms with Crippen LogP contribution in [0.1, 0.15) is 70.9 Å². The van der Waals surface area contributed by atoms with Crippen molar-refractivity contribution in [2.45, 2.75) is 72.3 Å². The van der Waals surface area contributed by atoms with Gasteiger partial charge in [0.25, 0.3) is 0 Å². The van der Waals surface area contributed by atoms with Crippen LogP contribution in [0.15, 0.2) is 24.3 Å². The molecule has 0 heterocycles. The minimum absolute atomic E-state index is 0.258. The Balaban J connectivity index is 2.91. The molecule has 0 fully saturated rings. The smallest absolute Gasteiger partial charge is 0.0187 e. The van der Waals surface area contributed by atoms with Gasteiger partial charge in [0.2, 0.25) is 0 Å². The molecule has 0 aliphatic rings. The van der Waals surface area contributed by atoms with Gasteiger partial charge in [-0.2, -0.15) is 0 Å². The molecule has 0 aliphatic carbocycles. The predicted molar refractivity (Wildman–Crippen MR) is 88.7 cm³/mol. The van der Waals surface area contributed by atoms with Crippen molar-refractivity contribution in [3.05, 3.63) is 35.4 Å². The lowest BCUT2D eigenvalue weighted by molar-refractivity contribution is 0.287. The standard InChI is InChI=1S/C18H32N2/c1-6-15(7-2)17-11-9-8-10-16(17)13-18(4,5)12-14(3)20-19/h8-11,14-15,20H,6-7,12-13,19H2,1-5H3/t14-/m1/s1. The summed E-state index contributed by atoms with van der Waals surface area (Å²) in [6.45, 7) is 11.4. The van der Waals surface area contributed by atoms with E-state index in [2.05, 4.69) is 64.3 Å². The van der Waals surface area contributed by atoms with Crippen LogP contribution in [-0.4, -0.2) is 6.04 Å². The average Bonchev–Trinajstić information content (AvgIpc) is 2.41. The van der Waals surface area contributed by atoms with Crippen LogP contribution in [-0.2, 0) is 6.42 Å². The van der Waals surface area contributed by atoms with E-state index < -0.39 is 0 Å². The molecule has 114 valence electrons. The van der Waals surface area contributed by atoms with Crippen molar-refractivity contribution in [3.8, 4) is 0 Å². The highest BCUT2D eigenvalue weighted by Crippen LogP contribution is 2.33. The van der Waals surface area contributed by atoms with E-state index in [0.29, 0.717) is 12.0 Å². The lowest BCUT2D eigenvalue weighted by Crippen LogP contribution is -2.36. The number of rotatable bonds is 8. The molecule has 0 saturated carbocycles. The van der Waals surface area contributed by atoms with E-state index in [1.165, 1.54) is 18.4 Å². The van der Waals surface area contributed by atoms with Crippen LogP contribution in [0, 0.1) is 5.41 Å². The van der Waals surface area contributed by atoms with Gasteiger partial charge in [0.1, 0.15) is 0 Å². The Morgan fingerprint density at radius 1 is 1.15 bits per heavy atom. The molecule has 0 radical (unpaired) electrons. The van der Waals surface area contributed by atoms with Gasteiger partial charge in [-0.05, 0) is 55.1 Å². The summed E-state index contributed by atoms with van der Waals surface area (Å²) in [4.78, 5) is 0. The fourth-order valence-corrected chi connectivity index (χ4v) is 3.30. The lowest BCUT2D eigenvalue weighted by Gasteiger charge is -2.30. The number of hydrogen-bond donors (Lipinski definition) is 2. The molecule has 3 N–H and O–H groups in total. The maximum Gasteiger partial charge on any atom is 0.0187 e. The van der Waals surface area contributed by atoms with Crippen LogP contribution in [0.2, 0.25) is 0 Å². The van der Waals surface area contributed by atoms with Crippen molar-refractivity contribution in [2.24, 2.45) is 11.3 Å². The average molecular weight is 276 g/mol. The molecule has 0 spiro atoms. The van der Waals surface area contributed by atoms with Crippen molar-refractivity contribution < 1.29 is 0 Å². The second-order valence-corrected chi connectivity index (χ2v) is 6.83. The molecule has 2 heteroatoms. The Hall–Kier alpha value is -0.860. The number of hydrogen-bond acceptors (Lipinski definition) is 2. The third kappa shape index (κ3) is 4.92. The summed E-state index contributed by atoms with van der Waals surface area (Å²) in [6.07, 6.45) is 4.63. The van der Waals surface area contributed by atoms with Crippen molar-refractivity contribution in [2.75, 3.05) is 0 Å². The zero-order valence-corrected chi connectivity index (χ0v) is 13.9. The second-order valence-electron chi connectivity index (χ2n) is 6.83. The number of nitrogens with one attached hydrogen (secondary N) is 1. The van der Waals surface area contributed by atoms with Gasteiger partial charge in [0.05, 0.1) is 0 Å². The van der Waals surface area contributed by atoms with Gasteiger partial charge in [-0.15, -0.1) is 0 Å². The molecule has 0 aromatic heterocycles. The van der Waals surface area contributed by atoms with Crippen molar-refractivity contribution in [1.82, 2.24) is 5.43 Å². The highest BCUT2D eigenvalue weighted by atomic mass is 15.2. The summed E-state index contributed by atoms with van der Waals surface area (Å²) >= 11 is 0. The molecular formula is C18H32N2. The van der Waals surface area contributed by atoms with Gasteiger partial charge in [0, 0.05) is 6.04 Å². The molecule has 20 heavy (non-hydrogen) atoms. The zero-order chi connectivity index (χ0) is 15.2. The Labute approximate surface area is 125 Å². The molecule has 0 saturated heterocycles. The lowest BCUT2D eigenvalue weighted by atomic mass is 9.77. The molecule has 0 amide bonds. The molecule has 0 unspecified atom stereocenters. The predicted octanol–water partition coefficient (Wildman–Crippen LogP) is 4.40. The highest BCUT2D eigenvalue weighted by molar-refractivity contribution is 5.31. The number of hydrazine groups is 1. The zero-order valence-electron chi connectivity index (χ0n) is 13.9. The van der Waals surface area contributed by atoms with Crippen molar-refractivity contribution in [1.29, 1.82) is 0 Å². The molecule has 1 aromatic carbocycles. The van der Waals surface area contributed by atoms with E-state index >= 15 is 0 Å². The van der Waals surface area contributed by atoms with Gasteiger partial charge in [-0.25, -0.2) is 0 Å². The number of nitrogens with two attached hydrogens (primary N) is 1. The maximum atomic E-state index is 5.54. The summed E-state index contributed by atoms with van der Waals surface area (Å²) in [5, 5.41) is 0. The highest BCUT2D eigenvalue weighted by Gasteiger charge is 2.23. The van der Waals surface area contributed by atoms with E-state index in [1.54, 1.807) is 5.56 Å². The molecular weight excluding hydrogens is 244 g/mol. The molecule has 0 aliphatic heterocycles. The number of benzene rings is 1. The Bertz CT molecular complexity index is 394. The van der Waals surface area contributed by atoms with E-state index in [1.807, 2.05) is 0 Å². The van der Waals surface area contributed by atoms with Gasteiger partial charge in [-0.3, -0.25) is 11.3 Å². The van der Waals surface area contributed by atoms with Gasteiger partial charge < -0.3 is 0 Å². The maximum absolute atomic E-state index is 5.54. The van der Waals surface area contributed by atoms with Gasteiger partial charge in [0.15, 0.2) is 0 Å². The minimum Gasteiger partial charge on any atom is -0.271 e. The summed E-state index contributed by atoms with van der Waals surface area (Å²) in [6, 6.07) is 9.31. The first-order valence-corrected chi connectivity index (χ1v) is 7.97. The fourth-order valence-electron chi connectivity index (χ4n) is 3.30. The SMILES string of the molecule is CCC(CC)c1ccccc1CC(C)(C)C[C@@H](C)NN. The second kappa shape index (κ2) is 7.80. The summed E-state index contributed by atoms with van der Waals surface area (Å²) in [5.41, 5.74) is 6.17. The molecule has 0 bridgehead atoms. The normalized spacial score (nSPS) is 13.8. The van der Waals surface area contributed by atoms with Crippen LogP contribution in [0.5, 0.6) is 0 Å². The van der Waals surface area contributed by atoms with Crippen LogP contribution in [0.3, 0.4) is 0 Å². The van der Waals surface area contributed by atoms with E-state index in [0.717, 1.165) is 12.8 Å². The van der Waals surface area contributed by atoms with E-state index in [-0.39, 0.29) is 5.41 Å². The van der Waals surface area contributed by atoms with Crippen molar-refractivity contribution in [3.63, 3.8) is 0 Å². The van der Waals surface area contributed by atoms with E-state index in [9.17, 15) is 0 Å². The first kappa shape index (κ1) is 17.2.